The van der Waals surface area contributed by atoms with Gasteiger partial charge in [0.25, 0.3) is 0 Å². The maximum atomic E-state index is 13.0. The Balaban J connectivity index is 2.57. The lowest BCUT2D eigenvalue weighted by Crippen LogP contribution is -2.27. The molecule has 1 aromatic carbocycles. The highest BCUT2D eigenvalue weighted by Crippen LogP contribution is 2.17. The first-order valence-electron chi connectivity index (χ1n) is 6.01. The van der Waals surface area contributed by atoms with Crippen molar-refractivity contribution in [3.8, 4) is 0 Å². The lowest BCUT2D eigenvalue weighted by Gasteiger charge is -2.20. The predicted octanol–water partition coefficient (Wildman–Crippen LogP) is 2.70. The van der Waals surface area contributed by atoms with Crippen molar-refractivity contribution in [2.75, 3.05) is 19.6 Å². The van der Waals surface area contributed by atoms with Crippen LogP contribution in [0.2, 0.25) is 0 Å². The fourth-order valence-electron chi connectivity index (χ4n) is 1.77. The molecule has 0 fully saturated rings. The van der Waals surface area contributed by atoms with Gasteiger partial charge in [0.2, 0.25) is 0 Å². The normalized spacial score (nSPS) is 13.1. The van der Waals surface area contributed by atoms with Crippen molar-refractivity contribution in [2.24, 2.45) is 5.73 Å². The highest BCUT2D eigenvalue weighted by molar-refractivity contribution is 5.20. The van der Waals surface area contributed by atoms with Crippen LogP contribution in [0, 0.1) is 11.6 Å². The summed E-state index contributed by atoms with van der Waals surface area (Å²) in [5.74, 6) is -1.66. The van der Waals surface area contributed by atoms with E-state index in [1.54, 1.807) is 6.07 Å². The molecular formula is C13H20F2N2. The summed E-state index contributed by atoms with van der Waals surface area (Å²) >= 11 is 0. The molecule has 1 unspecified atom stereocenters. The topological polar surface area (TPSA) is 29.3 Å². The number of hydrogen-bond donors (Lipinski definition) is 1. The summed E-state index contributed by atoms with van der Waals surface area (Å²) in [6.45, 7) is 6.99. The van der Waals surface area contributed by atoms with Crippen molar-refractivity contribution in [1.82, 2.24) is 4.90 Å². The van der Waals surface area contributed by atoms with Crippen LogP contribution in [0.1, 0.15) is 31.9 Å². The zero-order chi connectivity index (χ0) is 12.8. The van der Waals surface area contributed by atoms with Crippen molar-refractivity contribution < 1.29 is 8.78 Å². The molecule has 0 radical (unpaired) electrons. The Hall–Kier alpha value is -1.00. The molecule has 0 amide bonds. The zero-order valence-electron chi connectivity index (χ0n) is 10.4. The fourth-order valence-corrected chi connectivity index (χ4v) is 1.77. The molecule has 0 saturated heterocycles. The number of benzene rings is 1. The van der Waals surface area contributed by atoms with E-state index in [4.69, 9.17) is 5.73 Å². The van der Waals surface area contributed by atoms with Crippen LogP contribution in [0.25, 0.3) is 0 Å². The summed E-state index contributed by atoms with van der Waals surface area (Å²) < 4.78 is 25.8. The number of nitrogens with two attached hydrogens (primary N) is 1. The van der Waals surface area contributed by atoms with Gasteiger partial charge in [-0.2, -0.15) is 0 Å². The Morgan fingerprint density at radius 3 is 2.35 bits per heavy atom. The second-order valence-corrected chi connectivity index (χ2v) is 4.10. The quantitative estimate of drug-likeness (QED) is 0.831. The SMILES string of the molecule is CCN(CC)CCC(N)c1ccc(F)c(F)c1. The Bertz CT molecular complexity index is 351. The Kier molecular flexibility index (Phi) is 5.51. The minimum atomic E-state index is -0.833. The summed E-state index contributed by atoms with van der Waals surface area (Å²) in [5.41, 5.74) is 6.61. The minimum absolute atomic E-state index is 0.245. The van der Waals surface area contributed by atoms with E-state index in [0.717, 1.165) is 32.1 Å². The van der Waals surface area contributed by atoms with E-state index < -0.39 is 11.6 Å². The molecule has 2 N–H and O–H groups in total. The van der Waals surface area contributed by atoms with Crippen LogP contribution < -0.4 is 5.73 Å². The van der Waals surface area contributed by atoms with Gasteiger partial charge in [-0.3, -0.25) is 0 Å². The van der Waals surface area contributed by atoms with Gasteiger partial charge in [0, 0.05) is 6.04 Å². The van der Waals surface area contributed by atoms with Crippen LogP contribution in [0.15, 0.2) is 18.2 Å². The minimum Gasteiger partial charge on any atom is -0.324 e. The number of halogens is 2. The second kappa shape index (κ2) is 6.67. The van der Waals surface area contributed by atoms with Gasteiger partial charge in [0.15, 0.2) is 11.6 Å². The van der Waals surface area contributed by atoms with E-state index >= 15 is 0 Å². The number of nitrogens with zero attached hydrogens (tertiary/aromatic N) is 1. The summed E-state index contributed by atoms with van der Waals surface area (Å²) in [6, 6.07) is 3.61. The first-order chi connectivity index (χ1) is 8.08. The van der Waals surface area contributed by atoms with Crippen molar-refractivity contribution in [3.63, 3.8) is 0 Å². The Morgan fingerprint density at radius 2 is 1.82 bits per heavy atom. The molecule has 0 saturated carbocycles. The molecule has 17 heavy (non-hydrogen) atoms. The van der Waals surface area contributed by atoms with Crippen LogP contribution in [0.4, 0.5) is 8.78 Å². The van der Waals surface area contributed by atoms with Crippen LogP contribution in [0.5, 0.6) is 0 Å². The van der Waals surface area contributed by atoms with Crippen LogP contribution in [-0.2, 0) is 0 Å². The maximum absolute atomic E-state index is 13.0. The molecule has 0 heterocycles. The highest BCUT2D eigenvalue weighted by atomic mass is 19.2. The fraction of sp³-hybridized carbons (Fsp3) is 0.538. The summed E-state index contributed by atoms with van der Waals surface area (Å²) in [4.78, 5) is 2.25. The summed E-state index contributed by atoms with van der Waals surface area (Å²) in [7, 11) is 0. The van der Waals surface area contributed by atoms with Crippen molar-refractivity contribution in [3.05, 3.63) is 35.4 Å². The average molecular weight is 242 g/mol. The molecule has 0 aliphatic heterocycles. The molecule has 0 aromatic heterocycles. The van der Waals surface area contributed by atoms with E-state index in [2.05, 4.69) is 18.7 Å². The van der Waals surface area contributed by atoms with E-state index in [0.29, 0.717) is 5.56 Å². The largest absolute Gasteiger partial charge is 0.324 e. The number of hydrogen-bond acceptors (Lipinski definition) is 2. The first-order valence-corrected chi connectivity index (χ1v) is 6.01. The van der Waals surface area contributed by atoms with E-state index in [1.807, 2.05) is 0 Å². The molecule has 1 aromatic rings. The van der Waals surface area contributed by atoms with Crippen molar-refractivity contribution >= 4 is 0 Å². The van der Waals surface area contributed by atoms with Crippen LogP contribution in [0.3, 0.4) is 0 Å². The van der Waals surface area contributed by atoms with Crippen molar-refractivity contribution in [2.45, 2.75) is 26.3 Å². The molecular weight excluding hydrogens is 222 g/mol. The molecule has 96 valence electrons. The second-order valence-electron chi connectivity index (χ2n) is 4.10. The third kappa shape index (κ3) is 4.06. The molecule has 1 rings (SSSR count). The number of rotatable bonds is 6. The third-order valence-corrected chi connectivity index (χ3v) is 3.02. The molecule has 4 heteroatoms. The van der Waals surface area contributed by atoms with E-state index in [9.17, 15) is 8.78 Å². The Labute approximate surface area is 101 Å². The third-order valence-electron chi connectivity index (χ3n) is 3.02. The summed E-state index contributed by atoms with van der Waals surface area (Å²) in [5, 5.41) is 0. The molecule has 1 atom stereocenters. The highest BCUT2D eigenvalue weighted by Gasteiger charge is 2.10. The van der Waals surface area contributed by atoms with Crippen LogP contribution in [-0.4, -0.2) is 24.5 Å². The lowest BCUT2D eigenvalue weighted by molar-refractivity contribution is 0.290. The maximum Gasteiger partial charge on any atom is 0.159 e. The average Bonchev–Trinajstić information content (AvgIpc) is 2.33. The zero-order valence-corrected chi connectivity index (χ0v) is 10.4. The molecule has 0 spiro atoms. The van der Waals surface area contributed by atoms with Gasteiger partial charge < -0.3 is 10.6 Å². The van der Waals surface area contributed by atoms with Gasteiger partial charge in [-0.1, -0.05) is 19.9 Å². The lowest BCUT2D eigenvalue weighted by atomic mass is 10.0. The molecule has 0 bridgehead atoms. The van der Waals surface area contributed by atoms with Crippen LogP contribution >= 0.6 is 0 Å². The van der Waals surface area contributed by atoms with Gasteiger partial charge in [-0.25, -0.2) is 8.78 Å². The standard InChI is InChI=1S/C13H20F2N2/c1-3-17(4-2)8-7-13(16)10-5-6-11(14)12(15)9-10/h5-6,9,13H,3-4,7-8,16H2,1-2H3. The van der Waals surface area contributed by atoms with Gasteiger partial charge >= 0.3 is 0 Å². The van der Waals surface area contributed by atoms with E-state index in [-0.39, 0.29) is 6.04 Å². The van der Waals surface area contributed by atoms with Gasteiger partial charge in [-0.15, -0.1) is 0 Å². The monoisotopic (exact) mass is 242 g/mol. The molecule has 2 nitrogen and oxygen atoms in total. The molecule has 0 aliphatic carbocycles. The van der Waals surface area contributed by atoms with Gasteiger partial charge in [0.05, 0.1) is 0 Å². The predicted molar refractivity (Wildman–Crippen MR) is 65.7 cm³/mol. The van der Waals surface area contributed by atoms with Crippen molar-refractivity contribution in [1.29, 1.82) is 0 Å². The Morgan fingerprint density at radius 1 is 1.18 bits per heavy atom. The molecule has 0 aliphatic rings. The van der Waals surface area contributed by atoms with E-state index in [1.165, 1.54) is 6.07 Å². The summed E-state index contributed by atoms with van der Waals surface area (Å²) in [6.07, 6.45) is 0.743. The van der Waals surface area contributed by atoms with Gasteiger partial charge in [-0.05, 0) is 43.8 Å². The van der Waals surface area contributed by atoms with Gasteiger partial charge in [0.1, 0.15) is 0 Å². The first kappa shape index (κ1) is 14.1. The smallest absolute Gasteiger partial charge is 0.159 e.